The first-order valence-corrected chi connectivity index (χ1v) is 5.47. The molecule has 0 radical (unpaired) electrons. The van der Waals surface area contributed by atoms with Gasteiger partial charge in [-0.1, -0.05) is 30.3 Å². The van der Waals surface area contributed by atoms with E-state index in [2.05, 4.69) is 10.6 Å². The summed E-state index contributed by atoms with van der Waals surface area (Å²) in [6.07, 6.45) is 0. The number of carbonyl (C=O) groups is 2. The quantitative estimate of drug-likeness (QED) is 0.693. The summed E-state index contributed by atoms with van der Waals surface area (Å²) in [5, 5.41) is 14.7. The topological polar surface area (TPSA) is 78.4 Å². The highest BCUT2D eigenvalue weighted by atomic mass is 16.4. The zero-order chi connectivity index (χ0) is 12.3. The molecule has 5 nitrogen and oxygen atoms in total. The third-order valence-electron chi connectivity index (χ3n) is 2.82. The maximum atomic E-state index is 11.7. The minimum absolute atomic E-state index is 0.111. The molecule has 0 aliphatic carbocycles. The zero-order valence-corrected chi connectivity index (χ0v) is 9.22. The van der Waals surface area contributed by atoms with E-state index < -0.39 is 12.0 Å². The van der Waals surface area contributed by atoms with E-state index in [0.717, 1.165) is 0 Å². The zero-order valence-electron chi connectivity index (χ0n) is 9.22. The minimum Gasteiger partial charge on any atom is -0.479 e. The van der Waals surface area contributed by atoms with Crippen molar-refractivity contribution in [3.05, 3.63) is 35.9 Å². The maximum Gasteiger partial charge on any atom is 0.330 e. The molecule has 1 aliphatic rings. The molecule has 0 bridgehead atoms. The Kier molecular flexibility index (Phi) is 3.39. The SMILES string of the molecule is O=C(N[C@H](C(=O)O)c1ccccc1)C1CNC1. The summed E-state index contributed by atoms with van der Waals surface area (Å²) in [6.45, 7) is 1.24. The predicted octanol–water partition coefficient (Wildman–Crippen LogP) is 0.148. The first-order valence-electron chi connectivity index (χ1n) is 5.47. The fourth-order valence-electron chi connectivity index (χ4n) is 1.67. The molecule has 1 saturated heterocycles. The van der Waals surface area contributed by atoms with Crippen molar-refractivity contribution in [2.75, 3.05) is 13.1 Å². The molecule has 0 aromatic heterocycles. The fraction of sp³-hybridized carbons (Fsp3) is 0.333. The molecular weight excluding hydrogens is 220 g/mol. The van der Waals surface area contributed by atoms with Crippen LogP contribution < -0.4 is 10.6 Å². The Bertz CT molecular complexity index is 415. The molecule has 1 aliphatic heterocycles. The molecule has 1 aromatic carbocycles. The highest BCUT2D eigenvalue weighted by molar-refractivity contribution is 5.86. The lowest BCUT2D eigenvalue weighted by Crippen LogP contribution is -2.52. The van der Waals surface area contributed by atoms with E-state index >= 15 is 0 Å². The molecule has 1 heterocycles. The lowest BCUT2D eigenvalue weighted by molar-refractivity contribution is -0.143. The van der Waals surface area contributed by atoms with Gasteiger partial charge in [0.25, 0.3) is 0 Å². The van der Waals surface area contributed by atoms with Gasteiger partial charge in [0.1, 0.15) is 0 Å². The smallest absolute Gasteiger partial charge is 0.330 e. The number of amides is 1. The highest BCUT2D eigenvalue weighted by Crippen LogP contribution is 2.14. The van der Waals surface area contributed by atoms with Gasteiger partial charge in [0.2, 0.25) is 5.91 Å². The third kappa shape index (κ3) is 2.62. The van der Waals surface area contributed by atoms with Crippen molar-refractivity contribution in [3.8, 4) is 0 Å². The van der Waals surface area contributed by atoms with Crippen LogP contribution in [0.5, 0.6) is 0 Å². The second kappa shape index (κ2) is 4.97. The van der Waals surface area contributed by atoms with E-state index in [-0.39, 0.29) is 11.8 Å². The van der Waals surface area contributed by atoms with E-state index in [1.165, 1.54) is 0 Å². The van der Waals surface area contributed by atoms with Crippen molar-refractivity contribution in [3.63, 3.8) is 0 Å². The van der Waals surface area contributed by atoms with Crippen LogP contribution in [0.4, 0.5) is 0 Å². The third-order valence-corrected chi connectivity index (χ3v) is 2.82. The number of carboxylic acid groups (broad SMARTS) is 1. The van der Waals surface area contributed by atoms with Crippen LogP contribution in [0.1, 0.15) is 11.6 Å². The molecule has 1 fully saturated rings. The van der Waals surface area contributed by atoms with Crippen molar-refractivity contribution in [2.45, 2.75) is 6.04 Å². The van der Waals surface area contributed by atoms with E-state index in [9.17, 15) is 9.59 Å². The van der Waals surface area contributed by atoms with Crippen LogP contribution in [0.3, 0.4) is 0 Å². The highest BCUT2D eigenvalue weighted by Gasteiger charge is 2.29. The van der Waals surface area contributed by atoms with Crippen LogP contribution >= 0.6 is 0 Å². The average Bonchev–Trinajstić information content (AvgIpc) is 2.24. The summed E-state index contributed by atoms with van der Waals surface area (Å²) in [4.78, 5) is 22.8. The summed E-state index contributed by atoms with van der Waals surface area (Å²) in [7, 11) is 0. The van der Waals surface area contributed by atoms with Gasteiger partial charge in [-0.2, -0.15) is 0 Å². The first kappa shape index (κ1) is 11.6. The molecule has 3 N–H and O–H groups in total. The molecular formula is C12H14N2O3. The summed E-state index contributed by atoms with van der Waals surface area (Å²) >= 11 is 0. The second-order valence-corrected chi connectivity index (χ2v) is 4.05. The van der Waals surface area contributed by atoms with Gasteiger partial charge < -0.3 is 15.7 Å². The first-order chi connectivity index (χ1) is 8.18. The second-order valence-electron chi connectivity index (χ2n) is 4.05. The number of hydrogen-bond donors (Lipinski definition) is 3. The lowest BCUT2D eigenvalue weighted by Gasteiger charge is -2.27. The Labute approximate surface area is 98.8 Å². The molecule has 17 heavy (non-hydrogen) atoms. The van der Waals surface area contributed by atoms with Crippen molar-refractivity contribution >= 4 is 11.9 Å². The van der Waals surface area contributed by atoms with Gasteiger partial charge in [-0.25, -0.2) is 4.79 Å². The number of carboxylic acids is 1. The van der Waals surface area contributed by atoms with Gasteiger partial charge in [-0.15, -0.1) is 0 Å². The molecule has 0 spiro atoms. The number of hydrogen-bond acceptors (Lipinski definition) is 3. The average molecular weight is 234 g/mol. The normalized spacial score (nSPS) is 16.9. The van der Waals surface area contributed by atoms with Crippen molar-refractivity contribution in [2.24, 2.45) is 5.92 Å². The minimum atomic E-state index is -1.04. The van der Waals surface area contributed by atoms with E-state index in [1.807, 2.05) is 0 Å². The summed E-state index contributed by atoms with van der Waals surface area (Å²) < 4.78 is 0. The van der Waals surface area contributed by atoms with Crippen LogP contribution in [-0.4, -0.2) is 30.1 Å². The Morgan fingerprint density at radius 1 is 1.29 bits per heavy atom. The Hall–Kier alpha value is -1.88. The van der Waals surface area contributed by atoms with Crippen molar-refractivity contribution in [1.29, 1.82) is 0 Å². The predicted molar refractivity (Wildman–Crippen MR) is 61.3 cm³/mol. The standard InChI is InChI=1S/C12H14N2O3/c15-11(9-6-13-7-9)14-10(12(16)17)8-4-2-1-3-5-8/h1-5,9-10,13H,6-7H2,(H,14,15)(H,16,17)/t10-/m0/s1. The number of aliphatic carboxylic acids is 1. The Morgan fingerprint density at radius 3 is 2.41 bits per heavy atom. The van der Waals surface area contributed by atoms with Gasteiger partial charge in [-0.3, -0.25) is 4.79 Å². The van der Waals surface area contributed by atoms with Crippen LogP contribution in [0.2, 0.25) is 0 Å². The van der Waals surface area contributed by atoms with E-state index in [0.29, 0.717) is 18.7 Å². The van der Waals surface area contributed by atoms with Gasteiger partial charge in [0.05, 0.1) is 5.92 Å². The van der Waals surface area contributed by atoms with Crippen molar-refractivity contribution < 1.29 is 14.7 Å². The van der Waals surface area contributed by atoms with Gasteiger partial charge in [-0.05, 0) is 5.56 Å². The van der Waals surface area contributed by atoms with Crippen LogP contribution in [0, 0.1) is 5.92 Å². The lowest BCUT2D eigenvalue weighted by atomic mass is 10.0. The van der Waals surface area contributed by atoms with Gasteiger partial charge >= 0.3 is 5.97 Å². The van der Waals surface area contributed by atoms with Gasteiger partial charge in [0, 0.05) is 13.1 Å². The van der Waals surface area contributed by atoms with Crippen molar-refractivity contribution in [1.82, 2.24) is 10.6 Å². The maximum absolute atomic E-state index is 11.7. The number of benzene rings is 1. The molecule has 1 aromatic rings. The van der Waals surface area contributed by atoms with Gasteiger partial charge in [0.15, 0.2) is 6.04 Å². The molecule has 90 valence electrons. The molecule has 0 saturated carbocycles. The molecule has 2 rings (SSSR count). The molecule has 0 unspecified atom stereocenters. The number of carbonyl (C=O) groups excluding carboxylic acids is 1. The van der Waals surface area contributed by atoms with Crippen LogP contribution in [0.25, 0.3) is 0 Å². The van der Waals surface area contributed by atoms with E-state index in [1.54, 1.807) is 30.3 Å². The monoisotopic (exact) mass is 234 g/mol. The fourth-order valence-corrected chi connectivity index (χ4v) is 1.67. The number of nitrogens with one attached hydrogen (secondary N) is 2. The largest absolute Gasteiger partial charge is 0.479 e. The summed E-state index contributed by atoms with van der Waals surface area (Å²) in [5.41, 5.74) is 0.584. The molecule has 1 atom stereocenters. The molecule has 5 heteroatoms. The Morgan fingerprint density at radius 2 is 1.94 bits per heavy atom. The summed E-state index contributed by atoms with van der Waals surface area (Å²) in [6, 6.07) is 7.73. The Balaban J connectivity index is 2.07. The van der Waals surface area contributed by atoms with Crippen LogP contribution in [-0.2, 0) is 9.59 Å². The van der Waals surface area contributed by atoms with Crippen LogP contribution in [0.15, 0.2) is 30.3 Å². The number of rotatable bonds is 4. The summed E-state index contributed by atoms with van der Waals surface area (Å²) in [5.74, 6) is -1.36. The van der Waals surface area contributed by atoms with E-state index in [4.69, 9.17) is 5.11 Å². The molecule has 1 amide bonds.